The zero-order valence-electron chi connectivity index (χ0n) is 23.0. The average Bonchev–Trinajstić information content (AvgIpc) is 3.64. The number of amides is 2. The average molecular weight is 586 g/mol. The number of aryl methyl sites for hydroxylation is 2. The van der Waals surface area contributed by atoms with Crippen LogP contribution < -0.4 is 0 Å². The minimum absolute atomic E-state index is 0.0188. The number of H-pyrrole nitrogens is 1. The molecule has 43 heavy (non-hydrogen) atoms. The standard InChI is InChI=1S/C36H25ClFN3O2/c37-25-13-8-14-26(38)22(25)18-20-41-35(42)31-29-23-11-4-6-15-27(23)39-33(29)34-30(32(31)36(41)43)24-12-5-7-16-28(24)40(34)19-17-21-9-2-1-3-10-21/h1-16,39H,17-20H2. The zero-order chi connectivity index (χ0) is 29.2. The summed E-state index contributed by atoms with van der Waals surface area (Å²) in [6.45, 7) is 0.708. The van der Waals surface area contributed by atoms with Gasteiger partial charge in [-0.15, -0.1) is 0 Å². The molecule has 5 aromatic carbocycles. The van der Waals surface area contributed by atoms with Crippen LogP contribution in [-0.4, -0.2) is 32.8 Å². The van der Waals surface area contributed by atoms with Crippen LogP contribution in [0.3, 0.4) is 0 Å². The van der Waals surface area contributed by atoms with Crippen LogP contribution in [0.15, 0.2) is 97.1 Å². The number of para-hydroxylation sites is 2. The molecule has 0 radical (unpaired) electrons. The lowest BCUT2D eigenvalue weighted by atomic mass is 9.97. The monoisotopic (exact) mass is 585 g/mol. The van der Waals surface area contributed by atoms with Gasteiger partial charge < -0.3 is 9.55 Å². The van der Waals surface area contributed by atoms with E-state index in [4.69, 9.17) is 11.6 Å². The van der Waals surface area contributed by atoms with Crippen LogP contribution in [0.4, 0.5) is 4.39 Å². The van der Waals surface area contributed by atoms with Gasteiger partial charge in [0.25, 0.3) is 11.8 Å². The summed E-state index contributed by atoms with van der Waals surface area (Å²) >= 11 is 6.29. The first-order valence-corrected chi connectivity index (χ1v) is 14.7. The Kier molecular flexibility index (Phi) is 5.88. The molecule has 5 nitrogen and oxygen atoms in total. The fourth-order valence-corrected chi connectivity index (χ4v) is 7.01. The van der Waals surface area contributed by atoms with Crippen molar-refractivity contribution in [3.63, 3.8) is 0 Å². The van der Waals surface area contributed by atoms with Crippen molar-refractivity contribution in [3.05, 3.63) is 130 Å². The molecule has 2 amide bonds. The molecule has 0 aliphatic carbocycles. The smallest absolute Gasteiger partial charge is 0.262 e. The number of carbonyl (C=O) groups is 2. The van der Waals surface area contributed by atoms with Gasteiger partial charge in [-0.2, -0.15) is 0 Å². The van der Waals surface area contributed by atoms with E-state index < -0.39 is 5.82 Å². The van der Waals surface area contributed by atoms with Gasteiger partial charge in [0.15, 0.2) is 0 Å². The fraction of sp³-hybridized carbons (Fsp3) is 0.111. The molecular formula is C36H25ClFN3O2. The van der Waals surface area contributed by atoms with E-state index in [0.29, 0.717) is 23.2 Å². The van der Waals surface area contributed by atoms with Crippen LogP contribution in [0.2, 0.25) is 5.02 Å². The minimum Gasteiger partial charge on any atom is -0.353 e. The molecule has 7 aromatic rings. The predicted molar refractivity (Wildman–Crippen MR) is 169 cm³/mol. The number of halogens is 2. The number of hydrogen-bond acceptors (Lipinski definition) is 2. The maximum absolute atomic E-state index is 14.6. The summed E-state index contributed by atoms with van der Waals surface area (Å²) in [5.74, 6) is -1.19. The predicted octanol–water partition coefficient (Wildman–Crippen LogP) is 8.30. The van der Waals surface area contributed by atoms with Gasteiger partial charge in [-0.1, -0.05) is 84.4 Å². The summed E-state index contributed by atoms with van der Waals surface area (Å²) in [5, 5.41) is 3.59. The normalized spacial score (nSPS) is 13.3. The van der Waals surface area contributed by atoms with E-state index in [1.807, 2.05) is 60.7 Å². The van der Waals surface area contributed by atoms with E-state index in [1.165, 1.54) is 16.5 Å². The Balaban J connectivity index is 1.38. The summed E-state index contributed by atoms with van der Waals surface area (Å²) in [7, 11) is 0. The minimum atomic E-state index is -0.452. The van der Waals surface area contributed by atoms with Gasteiger partial charge in [0.05, 0.1) is 22.2 Å². The highest BCUT2D eigenvalue weighted by Gasteiger charge is 2.41. The summed E-state index contributed by atoms with van der Waals surface area (Å²) in [5.41, 5.74) is 5.94. The molecule has 0 atom stereocenters. The third-order valence-electron chi connectivity index (χ3n) is 8.70. The Hall–Kier alpha value is -4.94. The first kappa shape index (κ1) is 25.7. The Morgan fingerprint density at radius 3 is 2.19 bits per heavy atom. The number of fused-ring (bicyclic) bond motifs is 10. The maximum atomic E-state index is 14.6. The van der Waals surface area contributed by atoms with E-state index in [0.717, 1.165) is 50.0 Å². The summed E-state index contributed by atoms with van der Waals surface area (Å²) in [6, 6.07) is 30.7. The number of imide groups is 1. The zero-order valence-corrected chi connectivity index (χ0v) is 23.8. The molecule has 0 fully saturated rings. The van der Waals surface area contributed by atoms with Gasteiger partial charge in [0, 0.05) is 56.3 Å². The topological polar surface area (TPSA) is 58.1 Å². The first-order valence-electron chi connectivity index (χ1n) is 14.3. The third kappa shape index (κ3) is 3.83. The number of aromatic nitrogens is 2. The van der Waals surface area contributed by atoms with Crippen molar-refractivity contribution in [2.45, 2.75) is 19.4 Å². The molecule has 1 aliphatic rings. The Morgan fingerprint density at radius 2 is 1.40 bits per heavy atom. The Labute approximate surface area is 251 Å². The number of rotatable bonds is 6. The second kappa shape index (κ2) is 9.82. The highest BCUT2D eigenvalue weighted by molar-refractivity contribution is 6.39. The van der Waals surface area contributed by atoms with Gasteiger partial charge in [0.2, 0.25) is 0 Å². The number of aromatic amines is 1. The quantitative estimate of drug-likeness (QED) is 0.200. The van der Waals surface area contributed by atoms with Crippen molar-refractivity contribution in [1.82, 2.24) is 14.5 Å². The second-order valence-corrected chi connectivity index (χ2v) is 11.4. The highest BCUT2D eigenvalue weighted by atomic mass is 35.5. The van der Waals surface area contributed by atoms with Crippen molar-refractivity contribution >= 4 is 67.0 Å². The van der Waals surface area contributed by atoms with E-state index in [9.17, 15) is 14.0 Å². The van der Waals surface area contributed by atoms with Gasteiger partial charge in [-0.25, -0.2) is 4.39 Å². The van der Waals surface area contributed by atoms with Gasteiger partial charge in [-0.3, -0.25) is 14.5 Å². The molecule has 7 heteroatoms. The summed E-state index contributed by atoms with van der Waals surface area (Å²) in [6.07, 6.45) is 0.922. The number of nitrogens with zero attached hydrogens (tertiary/aromatic N) is 2. The van der Waals surface area contributed by atoms with Crippen molar-refractivity contribution in [2.75, 3.05) is 6.54 Å². The maximum Gasteiger partial charge on any atom is 0.262 e. The fourth-order valence-electron chi connectivity index (χ4n) is 6.75. The van der Waals surface area contributed by atoms with Crippen LogP contribution in [0.1, 0.15) is 31.8 Å². The largest absolute Gasteiger partial charge is 0.353 e. The van der Waals surface area contributed by atoms with E-state index in [-0.39, 0.29) is 29.8 Å². The molecule has 1 N–H and O–H groups in total. The lowest BCUT2D eigenvalue weighted by molar-refractivity contribution is 0.0657. The second-order valence-electron chi connectivity index (χ2n) is 11.0. The third-order valence-corrected chi connectivity index (χ3v) is 9.05. The molecule has 0 saturated carbocycles. The van der Waals surface area contributed by atoms with E-state index in [2.05, 4.69) is 27.8 Å². The molecule has 0 unspecified atom stereocenters. The molecule has 3 heterocycles. The molecular weight excluding hydrogens is 561 g/mol. The number of benzene rings is 5. The van der Waals surface area contributed by atoms with Crippen LogP contribution in [-0.2, 0) is 19.4 Å². The Morgan fingerprint density at radius 1 is 0.698 bits per heavy atom. The van der Waals surface area contributed by atoms with E-state index in [1.54, 1.807) is 12.1 Å². The summed E-state index contributed by atoms with van der Waals surface area (Å²) in [4.78, 5) is 33.4. The van der Waals surface area contributed by atoms with Crippen LogP contribution >= 0.6 is 11.6 Å². The molecule has 0 bridgehead atoms. The van der Waals surface area contributed by atoms with Crippen LogP contribution in [0, 0.1) is 5.82 Å². The molecule has 8 rings (SSSR count). The van der Waals surface area contributed by atoms with Gasteiger partial charge in [0.1, 0.15) is 5.82 Å². The molecule has 1 aliphatic heterocycles. The van der Waals surface area contributed by atoms with Crippen molar-refractivity contribution in [3.8, 4) is 0 Å². The molecule has 2 aromatic heterocycles. The molecule has 0 spiro atoms. The number of carbonyl (C=O) groups excluding carboxylic acids is 2. The first-order chi connectivity index (χ1) is 21.0. The van der Waals surface area contributed by atoms with Crippen molar-refractivity contribution < 1.29 is 14.0 Å². The van der Waals surface area contributed by atoms with Crippen LogP contribution in [0.25, 0.3) is 43.6 Å². The van der Waals surface area contributed by atoms with Crippen molar-refractivity contribution in [1.29, 1.82) is 0 Å². The number of nitrogens with one attached hydrogen (secondary N) is 1. The lowest BCUT2D eigenvalue weighted by Gasteiger charge is -2.14. The molecule has 210 valence electrons. The number of hydrogen-bond donors (Lipinski definition) is 1. The highest BCUT2D eigenvalue weighted by Crippen LogP contribution is 2.45. The van der Waals surface area contributed by atoms with Crippen LogP contribution in [0.5, 0.6) is 0 Å². The van der Waals surface area contributed by atoms with E-state index >= 15 is 0 Å². The van der Waals surface area contributed by atoms with Gasteiger partial charge >= 0.3 is 0 Å². The van der Waals surface area contributed by atoms with Gasteiger partial charge in [-0.05, 0) is 42.7 Å². The Bertz CT molecular complexity index is 2250. The molecule has 0 saturated heterocycles. The lowest BCUT2D eigenvalue weighted by Crippen LogP contribution is -2.32. The SMILES string of the molecule is O=C1c2c(c3c4ccccc4n(CCc4ccccc4)c3c3[nH]c4ccccc4c23)C(=O)N1CCc1c(F)cccc1Cl. The summed E-state index contributed by atoms with van der Waals surface area (Å²) < 4.78 is 16.9. The van der Waals surface area contributed by atoms with Crippen molar-refractivity contribution in [2.24, 2.45) is 0 Å².